The summed E-state index contributed by atoms with van der Waals surface area (Å²) < 4.78 is 0. The predicted octanol–water partition coefficient (Wildman–Crippen LogP) is 9.25. The van der Waals surface area contributed by atoms with Gasteiger partial charge in [0, 0.05) is 0 Å². The van der Waals surface area contributed by atoms with Crippen LogP contribution >= 0.6 is 0 Å². The first kappa shape index (κ1) is 16.8. The van der Waals surface area contributed by atoms with Crippen molar-refractivity contribution < 1.29 is 0 Å². The van der Waals surface area contributed by atoms with Crippen LogP contribution in [0.2, 0.25) is 0 Å². The summed E-state index contributed by atoms with van der Waals surface area (Å²) in [4.78, 5) is 0. The molecule has 0 spiro atoms. The molecule has 0 amide bonds. The van der Waals surface area contributed by atoms with Gasteiger partial charge in [0.05, 0.1) is 0 Å². The fourth-order valence-corrected chi connectivity index (χ4v) is 6.53. The molecule has 148 valence electrons. The molecule has 0 heterocycles. The van der Waals surface area contributed by atoms with E-state index in [-0.39, 0.29) is 0 Å². The molecule has 0 N–H and O–H groups in total. The minimum Gasteiger partial charge on any atom is -0.0610 e. The van der Waals surface area contributed by atoms with Crippen molar-refractivity contribution >= 4 is 75.4 Å². The molecule has 0 radical (unpaired) electrons. The van der Waals surface area contributed by atoms with Crippen LogP contribution in [-0.2, 0) is 0 Å². The number of hydrogen-bond acceptors (Lipinski definition) is 0. The Labute approximate surface area is 185 Å². The van der Waals surface area contributed by atoms with Crippen molar-refractivity contribution in [2.45, 2.75) is 13.8 Å². The van der Waals surface area contributed by atoms with Crippen molar-refractivity contribution in [3.63, 3.8) is 0 Å². The van der Waals surface area contributed by atoms with E-state index in [4.69, 9.17) is 0 Å². The maximum atomic E-state index is 2.46. The van der Waals surface area contributed by atoms with Gasteiger partial charge in [0.1, 0.15) is 0 Å². The molecule has 0 aliphatic heterocycles. The highest BCUT2D eigenvalue weighted by Gasteiger charge is 2.20. The van der Waals surface area contributed by atoms with E-state index in [2.05, 4.69) is 98.8 Å². The lowest BCUT2D eigenvalue weighted by molar-refractivity contribution is 1.56. The Morgan fingerprint density at radius 1 is 0.344 bits per heavy atom. The minimum atomic E-state index is 1.33. The van der Waals surface area contributed by atoms with E-state index >= 15 is 0 Å². The number of aryl methyl sites for hydroxylation is 2. The smallest absolute Gasteiger partial charge is 0.00262 e. The van der Waals surface area contributed by atoms with Crippen LogP contribution in [0.5, 0.6) is 0 Å². The van der Waals surface area contributed by atoms with E-state index in [0.29, 0.717) is 0 Å². The minimum absolute atomic E-state index is 1.33. The zero-order valence-corrected chi connectivity index (χ0v) is 18.1. The third-order valence-electron chi connectivity index (χ3n) is 7.89. The van der Waals surface area contributed by atoms with E-state index in [1.807, 2.05) is 0 Å². The van der Waals surface area contributed by atoms with Crippen molar-refractivity contribution in [1.82, 2.24) is 0 Å². The molecule has 0 fully saturated rings. The summed E-state index contributed by atoms with van der Waals surface area (Å²) in [6.45, 7) is 4.64. The second-order valence-electron chi connectivity index (χ2n) is 9.36. The average Bonchev–Trinajstić information content (AvgIpc) is 3.34. The summed E-state index contributed by atoms with van der Waals surface area (Å²) in [5.41, 5.74) is 2.80. The molecule has 0 heteroatoms. The van der Waals surface area contributed by atoms with Crippen LogP contribution in [0, 0.1) is 13.8 Å². The number of fused-ring (bicyclic) bond motifs is 7. The Kier molecular flexibility index (Phi) is 2.86. The Hall–Kier alpha value is -3.90. The average molecular weight is 405 g/mol. The van der Waals surface area contributed by atoms with Crippen molar-refractivity contribution in [1.29, 1.82) is 0 Å². The van der Waals surface area contributed by atoms with Crippen molar-refractivity contribution in [3.8, 4) is 0 Å². The van der Waals surface area contributed by atoms with Crippen LogP contribution < -0.4 is 0 Å². The Morgan fingerprint density at radius 3 is 1.16 bits per heavy atom. The molecule has 0 bridgehead atoms. The van der Waals surface area contributed by atoms with E-state index in [0.717, 1.165) is 0 Å². The molecule has 0 aromatic heterocycles. The monoisotopic (exact) mass is 404 g/mol. The normalized spacial score (nSPS) is 12.7. The van der Waals surface area contributed by atoms with Gasteiger partial charge in [-0.05, 0) is 113 Å². The molecule has 8 rings (SSSR count). The van der Waals surface area contributed by atoms with Gasteiger partial charge in [0.2, 0.25) is 0 Å². The van der Waals surface area contributed by atoms with E-state index in [1.54, 1.807) is 0 Å². The number of rotatable bonds is 0. The van der Waals surface area contributed by atoms with Gasteiger partial charge in [-0.2, -0.15) is 0 Å². The largest absolute Gasteiger partial charge is 0.0610 e. The van der Waals surface area contributed by atoms with Gasteiger partial charge in [0.25, 0.3) is 0 Å². The maximum absolute atomic E-state index is 2.46. The van der Waals surface area contributed by atoms with Gasteiger partial charge in [-0.25, -0.2) is 0 Å². The van der Waals surface area contributed by atoms with Crippen molar-refractivity contribution in [2.24, 2.45) is 0 Å². The lowest BCUT2D eigenvalue weighted by atomic mass is 9.92. The van der Waals surface area contributed by atoms with E-state index in [1.165, 1.54) is 86.5 Å². The van der Waals surface area contributed by atoms with Crippen LogP contribution in [0.25, 0.3) is 75.4 Å². The molecule has 0 nitrogen and oxygen atoms in total. The molecule has 0 saturated carbocycles. The molecule has 8 aromatic carbocycles. The van der Waals surface area contributed by atoms with Crippen LogP contribution in [0.4, 0.5) is 0 Å². The van der Waals surface area contributed by atoms with Gasteiger partial charge in [0.15, 0.2) is 0 Å². The summed E-state index contributed by atoms with van der Waals surface area (Å²) in [6.07, 6.45) is 0. The van der Waals surface area contributed by atoms with Crippen LogP contribution in [0.1, 0.15) is 11.1 Å². The van der Waals surface area contributed by atoms with E-state index < -0.39 is 0 Å². The summed E-state index contributed by atoms with van der Waals surface area (Å²) in [6, 6.07) is 31.9. The number of hydrogen-bond donors (Lipinski definition) is 0. The molecule has 0 atom stereocenters. The van der Waals surface area contributed by atoms with Crippen molar-refractivity contribution in [2.75, 3.05) is 0 Å². The Morgan fingerprint density at radius 2 is 0.719 bits per heavy atom. The molecule has 32 heavy (non-hydrogen) atoms. The molecule has 0 aliphatic rings. The topological polar surface area (TPSA) is 0 Å². The van der Waals surface area contributed by atoms with Crippen molar-refractivity contribution in [3.05, 3.63) is 96.1 Å². The van der Waals surface area contributed by atoms with E-state index in [9.17, 15) is 0 Å². The molecule has 0 unspecified atom stereocenters. The first-order chi connectivity index (χ1) is 15.7. The molecular formula is C32H20. The highest BCUT2D eigenvalue weighted by atomic mass is 14.2. The van der Waals surface area contributed by atoms with Crippen LogP contribution in [-0.4, -0.2) is 0 Å². The maximum Gasteiger partial charge on any atom is -0.00262 e. The Balaban J connectivity index is 1.69. The SMILES string of the molecule is Cc1c2cc3c(cc2c(C)c2c4cccc5cccc(c12)c54)c1cccc2cccc3c21. The number of benzene rings is 6. The first-order valence-corrected chi connectivity index (χ1v) is 11.4. The molecular weight excluding hydrogens is 384 g/mol. The zero-order valence-electron chi connectivity index (χ0n) is 18.1. The van der Waals surface area contributed by atoms with Gasteiger partial charge >= 0.3 is 0 Å². The van der Waals surface area contributed by atoms with Gasteiger partial charge < -0.3 is 0 Å². The highest BCUT2D eigenvalue weighted by molar-refractivity contribution is 6.36. The third kappa shape index (κ3) is 1.78. The highest BCUT2D eigenvalue weighted by Crippen LogP contribution is 2.47. The third-order valence-corrected chi connectivity index (χ3v) is 7.89. The van der Waals surface area contributed by atoms with Gasteiger partial charge in [-0.15, -0.1) is 0 Å². The molecule has 0 aliphatic carbocycles. The van der Waals surface area contributed by atoms with Crippen LogP contribution in [0.15, 0.2) is 84.9 Å². The van der Waals surface area contributed by atoms with Crippen LogP contribution in [0.3, 0.4) is 0 Å². The second kappa shape index (κ2) is 5.47. The predicted molar refractivity (Wildman–Crippen MR) is 141 cm³/mol. The first-order valence-electron chi connectivity index (χ1n) is 11.4. The lowest BCUT2D eigenvalue weighted by Crippen LogP contribution is -1.86. The quantitative estimate of drug-likeness (QED) is 0.236. The lowest BCUT2D eigenvalue weighted by Gasteiger charge is -2.11. The summed E-state index contributed by atoms with van der Waals surface area (Å²) >= 11 is 0. The summed E-state index contributed by atoms with van der Waals surface area (Å²) in [7, 11) is 0. The van der Waals surface area contributed by atoms with Gasteiger partial charge in [-0.1, -0.05) is 72.8 Å². The summed E-state index contributed by atoms with van der Waals surface area (Å²) in [5.74, 6) is 0. The second-order valence-corrected chi connectivity index (χ2v) is 9.36. The standard InChI is InChI=1S/C32H20/c1-17-25-15-27-21-11-3-7-19-8-4-12-22(31(19)21)28(27)16-26(25)18(2)30-24-14-6-10-20-9-5-13-23(29(17)30)32(20)24/h3-16H,1-2H3. The fourth-order valence-electron chi connectivity index (χ4n) is 6.53. The van der Waals surface area contributed by atoms with Gasteiger partial charge in [-0.3, -0.25) is 0 Å². The summed E-state index contributed by atoms with van der Waals surface area (Å²) in [5, 5.41) is 19.4. The zero-order chi connectivity index (χ0) is 21.1. The molecule has 0 saturated heterocycles. The molecule has 8 aromatic rings. The fraction of sp³-hybridized carbons (Fsp3) is 0.0625. The Bertz CT molecular complexity index is 1900.